The molecule has 3 rings (SSSR count). The molecule has 1 aliphatic heterocycles. The van der Waals surface area contributed by atoms with Crippen LogP contribution in [0.4, 0.5) is 19.1 Å². The van der Waals surface area contributed by atoms with Crippen LogP contribution in [0.15, 0.2) is 24.7 Å². The van der Waals surface area contributed by atoms with Crippen LogP contribution in [-0.4, -0.2) is 46.2 Å². The molecule has 0 aliphatic carbocycles. The minimum absolute atomic E-state index is 0.0778. The Morgan fingerprint density at radius 3 is 2.40 bits per heavy atom. The van der Waals surface area contributed by atoms with E-state index in [0.717, 1.165) is 12.3 Å². The van der Waals surface area contributed by atoms with E-state index in [4.69, 9.17) is 9.47 Å². The molecule has 0 unspecified atom stereocenters. The van der Waals surface area contributed by atoms with E-state index in [-0.39, 0.29) is 18.1 Å². The first-order valence-corrected chi connectivity index (χ1v) is 7.63. The number of rotatable bonds is 4. The molecule has 1 saturated heterocycles. The second-order valence-corrected chi connectivity index (χ2v) is 5.45. The number of ether oxygens (including phenoxy) is 2. The van der Waals surface area contributed by atoms with Crippen LogP contribution >= 0.6 is 0 Å². The second-order valence-electron chi connectivity index (χ2n) is 5.45. The Morgan fingerprint density at radius 2 is 1.80 bits per heavy atom. The van der Waals surface area contributed by atoms with Crippen LogP contribution in [0.1, 0.15) is 18.5 Å². The summed E-state index contributed by atoms with van der Waals surface area (Å²) in [6.07, 6.45) is 0.755. The lowest BCUT2D eigenvalue weighted by atomic mass is 10.1. The van der Waals surface area contributed by atoms with E-state index in [1.807, 2.05) is 0 Å². The first-order valence-electron chi connectivity index (χ1n) is 7.63. The maximum Gasteiger partial charge on any atom is 0.433 e. The Morgan fingerprint density at radius 1 is 1.12 bits per heavy atom. The van der Waals surface area contributed by atoms with Gasteiger partial charge in [-0.25, -0.2) is 9.97 Å². The maximum absolute atomic E-state index is 12.7. The van der Waals surface area contributed by atoms with Gasteiger partial charge in [0.15, 0.2) is 5.75 Å². The summed E-state index contributed by atoms with van der Waals surface area (Å²) in [7, 11) is 1.52. The molecule has 7 nitrogen and oxygen atoms in total. The average Bonchev–Trinajstić information content (AvgIpc) is 2.62. The molecular formula is C15H16F3N5O2. The zero-order valence-corrected chi connectivity index (χ0v) is 13.4. The van der Waals surface area contributed by atoms with E-state index in [0.29, 0.717) is 31.7 Å². The van der Waals surface area contributed by atoms with Gasteiger partial charge in [-0.2, -0.15) is 23.1 Å². The van der Waals surface area contributed by atoms with Gasteiger partial charge >= 0.3 is 12.2 Å². The van der Waals surface area contributed by atoms with Crippen LogP contribution in [0.5, 0.6) is 11.8 Å². The molecule has 1 fully saturated rings. The molecule has 0 radical (unpaired) electrons. The third-order valence-corrected chi connectivity index (χ3v) is 3.77. The zero-order valence-electron chi connectivity index (χ0n) is 13.4. The highest BCUT2D eigenvalue weighted by Gasteiger charge is 2.33. The SMILES string of the molecule is COc1cnc(OC2CCN(c3nccc(C(F)(F)F)n3)CC2)nc1. The fourth-order valence-electron chi connectivity index (χ4n) is 2.45. The molecule has 1 aliphatic rings. The van der Waals surface area contributed by atoms with Crippen molar-refractivity contribution >= 4 is 5.95 Å². The minimum Gasteiger partial charge on any atom is -0.494 e. The van der Waals surface area contributed by atoms with Crippen LogP contribution < -0.4 is 14.4 Å². The lowest BCUT2D eigenvalue weighted by Crippen LogP contribution is -2.39. The van der Waals surface area contributed by atoms with E-state index in [2.05, 4.69) is 19.9 Å². The monoisotopic (exact) mass is 355 g/mol. The van der Waals surface area contributed by atoms with Gasteiger partial charge in [-0.1, -0.05) is 0 Å². The third kappa shape index (κ3) is 4.25. The molecule has 2 aromatic rings. The molecule has 0 spiro atoms. The molecule has 0 atom stereocenters. The van der Waals surface area contributed by atoms with Gasteiger partial charge in [0.25, 0.3) is 0 Å². The molecule has 0 amide bonds. The number of piperidine rings is 1. The fraction of sp³-hybridized carbons (Fsp3) is 0.467. The second kappa shape index (κ2) is 7.08. The van der Waals surface area contributed by atoms with Crippen LogP contribution in [0.3, 0.4) is 0 Å². The number of methoxy groups -OCH3 is 1. The van der Waals surface area contributed by atoms with Gasteiger partial charge in [0.1, 0.15) is 11.8 Å². The number of alkyl halides is 3. The molecule has 134 valence electrons. The van der Waals surface area contributed by atoms with Gasteiger partial charge in [-0.15, -0.1) is 0 Å². The standard InChI is InChI=1S/C15H16F3N5O2/c1-24-11-8-20-14(21-9-11)25-10-3-6-23(7-4-10)13-19-5-2-12(22-13)15(16,17)18/h2,5,8-10H,3-4,6-7H2,1H3. The molecule has 0 saturated carbocycles. The summed E-state index contributed by atoms with van der Waals surface area (Å²) in [5.41, 5.74) is -0.942. The largest absolute Gasteiger partial charge is 0.494 e. The Bertz CT molecular complexity index is 703. The van der Waals surface area contributed by atoms with E-state index in [1.165, 1.54) is 19.5 Å². The number of hydrogen-bond donors (Lipinski definition) is 0. The highest BCUT2D eigenvalue weighted by Crippen LogP contribution is 2.28. The van der Waals surface area contributed by atoms with Crippen molar-refractivity contribution in [2.75, 3.05) is 25.1 Å². The van der Waals surface area contributed by atoms with Crippen LogP contribution in [-0.2, 0) is 6.18 Å². The summed E-state index contributed by atoms with van der Waals surface area (Å²) in [5.74, 6) is 0.609. The zero-order chi connectivity index (χ0) is 17.9. The number of anilines is 1. The molecule has 0 aromatic carbocycles. The third-order valence-electron chi connectivity index (χ3n) is 3.77. The van der Waals surface area contributed by atoms with Crippen molar-refractivity contribution in [1.29, 1.82) is 0 Å². The van der Waals surface area contributed by atoms with Gasteiger partial charge in [0, 0.05) is 32.1 Å². The summed E-state index contributed by atoms with van der Waals surface area (Å²) >= 11 is 0. The summed E-state index contributed by atoms with van der Waals surface area (Å²) in [6.45, 7) is 0.976. The quantitative estimate of drug-likeness (QED) is 0.833. The first-order chi connectivity index (χ1) is 12.0. The molecule has 0 N–H and O–H groups in total. The van der Waals surface area contributed by atoms with Gasteiger partial charge < -0.3 is 14.4 Å². The van der Waals surface area contributed by atoms with Gasteiger partial charge in [-0.05, 0) is 6.07 Å². The average molecular weight is 355 g/mol. The topological polar surface area (TPSA) is 73.3 Å². The Hall–Kier alpha value is -2.65. The summed E-state index contributed by atoms with van der Waals surface area (Å²) < 4.78 is 48.9. The van der Waals surface area contributed by atoms with Crippen molar-refractivity contribution in [2.24, 2.45) is 0 Å². The fourth-order valence-corrected chi connectivity index (χ4v) is 2.45. The van der Waals surface area contributed by atoms with E-state index >= 15 is 0 Å². The Labute approximate surface area is 141 Å². The maximum atomic E-state index is 12.7. The predicted octanol–water partition coefficient (Wildman–Crippen LogP) is 2.34. The summed E-state index contributed by atoms with van der Waals surface area (Å²) in [5, 5.41) is 0. The van der Waals surface area contributed by atoms with E-state index < -0.39 is 11.9 Å². The Kier molecular flexibility index (Phi) is 4.86. The molecule has 10 heteroatoms. The summed E-state index contributed by atoms with van der Waals surface area (Å²) in [6, 6.07) is 1.11. The number of nitrogens with zero attached hydrogens (tertiary/aromatic N) is 5. The van der Waals surface area contributed by atoms with Gasteiger partial charge in [-0.3, -0.25) is 0 Å². The Balaban J connectivity index is 1.58. The number of halogens is 3. The van der Waals surface area contributed by atoms with Crippen molar-refractivity contribution in [1.82, 2.24) is 19.9 Å². The van der Waals surface area contributed by atoms with Crippen molar-refractivity contribution in [3.8, 4) is 11.8 Å². The van der Waals surface area contributed by atoms with Crippen molar-refractivity contribution in [3.05, 3.63) is 30.4 Å². The highest BCUT2D eigenvalue weighted by atomic mass is 19.4. The van der Waals surface area contributed by atoms with Gasteiger partial charge in [0.2, 0.25) is 5.95 Å². The molecule has 2 aromatic heterocycles. The predicted molar refractivity (Wildman–Crippen MR) is 81.5 cm³/mol. The number of hydrogen-bond acceptors (Lipinski definition) is 7. The first kappa shape index (κ1) is 17.2. The molecular weight excluding hydrogens is 339 g/mol. The highest BCUT2D eigenvalue weighted by molar-refractivity contribution is 5.31. The van der Waals surface area contributed by atoms with Crippen molar-refractivity contribution < 1.29 is 22.6 Å². The smallest absolute Gasteiger partial charge is 0.433 e. The van der Waals surface area contributed by atoms with Crippen molar-refractivity contribution in [3.63, 3.8) is 0 Å². The molecule has 25 heavy (non-hydrogen) atoms. The van der Waals surface area contributed by atoms with Crippen LogP contribution in [0, 0.1) is 0 Å². The lowest BCUT2D eigenvalue weighted by Gasteiger charge is -2.31. The minimum atomic E-state index is -4.48. The van der Waals surface area contributed by atoms with E-state index in [1.54, 1.807) is 4.90 Å². The van der Waals surface area contributed by atoms with Crippen molar-refractivity contribution in [2.45, 2.75) is 25.1 Å². The lowest BCUT2D eigenvalue weighted by molar-refractivity contribution is -0.141. The van der Waals surface area contributed by atoms with E-state index in [9.17, 15) is 13.2 Å². The van der Waals surface area contributed by atoms with Gasteiger partial charge in [0.05, 0.1) is 19.5 Å². The normalized spacial score (nSPS) is 15.9. The number of aromatic nitrogens is 4. The molecule has 3 heterocycles. The van der Waals surface area contributed by atoms with Crippen LogP contribution in [0.25, 0.3) is 0 Å². The molecule has 0 bridgehead atoms. The van der Waals surface area contributed by atoms with Crippen LogP contribution in [0.2, 0.25) is 0 Å². The summed E-state index contributed by atoms with van der Waals surface area (Å²) in [4.78, 5) is 17.3.